The minimum absolute atomic E-state index is 0.0501. The number of urea groups is 1. The van der Waals surface area contributed by atoms with Crippen LogP contribution in [0.3, 0.4) is 0 Å². The molecule has 6 nitrogen and oxygen atoms in total. The van der Waals surface area contributed by atoms with Crippen LogP contribution in [0.4, 0.5) is 10.5 Å². The van der Waals surface area contributed by atoms with Crippen molar-refractivity contribution in [1.82, 2.24) is 10.2 Å². The Hall–Kier alpha value is -1.95. The van der Waals surface area contributed by atoms with Crippen LogP contribution in [-0.4, -0.2) is 54.7 Å². The molecule has 22 heavy (non-hydrogen) atoms. The summed E-state index contributed by atoms with van der Waals surface area (Å²) in [6.07, 6.45) is 0.812. The predicted octanol–water partition coefficient (Wildman–Crippen LogP) is 2.03. The molecule has 0 radical (unpaired) electrons. The summed E-state index contributed by atoms with van der Waals surface area (Å²) >= 11 is 5.88. The maximum Gasteiger partial charge on any atom is 0.317 e. The molecular formula is C15H20ClN3O3. The second-order valence-electron chi connectivity index (χ2n) is 5.42. The molecule has 1 atom stereocenters. The van der Waals surface area contributed by atoms with Crippen molar-refractivity contribution in [2.45, 2.75) is 18.9 Å². The molecule has 0 aromatic heterocycles. The number of benzene rings is 1. The minimum Gasteiger partial charge on any atom is -0.481 e. The lowest BCUT2D eigenvalue weighted by atomic mass is 10.2. The molecule has 0 spiro atoms. The van der Waals surface area contributed by atoms with Crippen LogP contribution in [0.15, 0.2) is 24.3 Å². The standard InChI is InChI=1S/C15H20ClN3O3/c1-18(8-7-14(20)21)15(22)17-12-6-9-19(10-12)13-4-2-11(16)3-5-13/h2-5,12H,6-10H2,1H3,(H,17,22)(H,20,21). The highest BCUT2D eigenvalue weighted by molar-refractivity contribution is 6.30. The van der Waals surface area contributed by atoms with E-state index in [1.54, 1.807) is 7.05 Å². The molecular weight excluding hydrogens is 306 g/mol. The Balaban J connectivity index is 1.81. The van der Waals surface area contributed by atoms with Crippen LogP contribution in [0, 0.1) is 0 Å². The number of hydrogen-bond acceptors (Lipinski definition) is 3. The van der Waals surface area contributed by atoms with Gasteiger partial charge in [0.15, 0.2) is 0 Å². The number of nitrogens with zero attached hydrogens (tertiary/aromatic N) is 2. The van der Waals surface area contributed by atoms with E-state index in [-0.39, 0.29) is 25.0 Å². The van der Waals surface area contributed by atoms with E-state index in [1.165, 1.54) is 4.90 Å². The summed E-state index contributed by atoms with van der Waals surface area (Å²) in [6, 6.07) is 7.46. The molecule has 0 bridgehead atoms. The Morgan fingerprint density at radius 2 is 2.09 bits per heavy atom. The lowest BCUT2D eigenvalue weighted by Crippen LogP contribution is -2.44. The first-order valence-electron chi connectivity index (χ1n) is 7.19. The molecule has 2 rings (SSSR count). The van der Waals surface area contributed by atoms with Crippen molar-refractivity contribution in [2.24, 2.45) is 0 Å². The van der Waals surface area contributed by atoms with E-state index < -0.39 is 5.97 Å². The van der Waals surface area contributed by atoms with Crippen molar-refractivity contribution in [3.8, 4) is 0 Å². The quantitative estimate of drug-likeness (QED) is 0.869. The molecule has 1 heterocycles. The Bertz CT molecular complexity index is 535. The van der Waals surface area contributed by atoms with Crippen LogP contribution in [0.1, 0.15) is 12.8 Å². The Morgan fingerprint density at radius 3 is 2.73 bits per heavy atom. The van der Waals surface area contributed by atoms with Gasteiger partial charge in [-0.15, -0.1) is 0 Å². The zero-order valence-corrected chi connectivity index (χ0v) is 13.2. The number of hydrogen-bond donors (Lipinski definition) is 2. The second-order valence-corrected chi connectivity index (χ2v) is 5.86. The number of aliphatic carboxylic acids is 1. The third kappa shape index (κ3) is 4.53. The number of rotatable bonds is 5. The fourth-order valence-electron chi connectivity index (χ4n) is 2.41. The van der Waals surface area contributed by atoms with Crippen LogP contribution in [0.25, 0.3) is 0 Å². The van der Waals surface area contributed by atoms with Gasteiger partial charge in [-0.25, -0.2) is 4.79 Å². The molecule has 0 aliphatic carbocycles. The van der Waals surface area contributed by atoms with Crippen LogP contribution >= 0.6 is 11.6 Å². The zero-order chi connectivity index (χ0) is 16.1. The fraction of sp³-hybridized carbons (Fsp3) is 0.467. The highest BCUT2D eigenvalue weighted by Gasteiger charge is 2.25. The van der Waals surface area contributed by atoms with Gasteiger partial charge in [0.05, 0.1) is 6.42 Å². The Morgan fingerprint density at radius 1 is 1.41 bits per heavy atom. The van der Waals surface area contributed by atoms with Gasteiger partial charge >= 0.3 is 12.0 Å². The summed E-state index contributed by atoms with van der Waals surface area (Å²) in [5.74, 6) is -0.908. The Kier molecular flexibility index (Phi) is 5.49. The maximum absolute atomic E-state index is 12.0. The summed E-state index contributed by atoms with van der Waals surface area (Å²) in [7, 11) is 1.60. The summed E-state index contributed by atoms with van der Waals surface area (Å²) in [5.41, 5.74) is 1.08. The van der Waals surface area contributed by atoms with Crippen molar-refractivity contribution in [1.29, 1.82) is 0 Å². The van der Waals surface area contributed by atoms with Gasteiger partial charge in [0.1, 0.15) is 0 Å². The minimum atomic E-state index is -0.908. The first-order chi connectivity index (χ1) is 10.5. The first kappa shape index (κ1) is 16.4. The largest absolute Gasteiger partial charge is 0.481 e. The highest BCUT2D eigenvalue weighted by atomic mass is 35.5. The van der Waals surface area contributed by atoms with E-state index in [0.29, 0.717) is 5.02 Å². The van der Waals surface area contributed by atoms with Crippen molar-refractivity contribution >= 4 is 29.3 Å². The average Bonchev–Trinajstić information content (AvgIpc) is 2.93. The topological polar surface area (TPSA) is 72.9 Å². The molecule has 1 saturated heterocycles. The van der Waals surface area contributed by atoms with Crippen molar-refractivity contribution in [2.75, 3.05) is 31.6 Å². The van der Waals surface area contributed by atoms with Gasteiger partial charge in [-0.3, -0.25) is 4.79 Å². The molecule has 2 N–H and O–H groups in total. The number of halogens is 1. The van der Waals surface area contributed by atoms with Gasteiger partial charge < -0.3 is 20.2 Å². The van der Waals surface area contributed by atoms with Crippen molar-refractivity contribution < 1.29 is 14.7 Å². The van der Waals surface area contributed by atoms with Crippen LogP contribution in [0.2, 0.25) is 5.02 Å². The first-order valence-corrected chi connectivity index (χ1v) is 7.57. The predicted molar refractivity (Wildman–Crippen MR) is 85.5 cm³/mol. The smallest absolute Gasteiger partial charge is 0.317 e. The van der Waals surface area contributed by atoms with Gasteiger partial charge in [0.2, 0.25) is 0 Å². The fourth-order valence-corrected chi connectivity index (χ4v) is 2.54. The van der Waals surface area contributed by atoms with Crippen LogP contribution in [-0.2, 0) is 4.79 Å². The van der Waals surface area contributed by atoms with E-state index in [4.69, 9.17) is 16.7 Å². The number of carbonyl (C=O) groups excluding carboxylic acids is 1. The van der Waals surface area contributed by atoms with Gasteiger partial charge in [-0.1, -0.05) is 11.6 Å². The van der Waals surface area contributed by atoms with Crippen LogP contribution < -0.4 is 10.2 Å². The molecule has 120 valence electrons. The number of carbonyl (C=O) groups is 2. The lowest BCUT2D eigenvalue weighted by molar-refractivity contribution is -0.137. The van der Waals surface area contributed by atoms with Gasteiger partial charge in [-0.2, -0.15) is 0 Å². The van der Waals surface area contributed by atoms with Gasteiger partial charge in [0.25, 0.3) is 0 Å². The number of carboxylic acids is 1. The Labute approximate surface area is 134 Å². The summed E-state index contributed by atoms with van der Waals surface area (Å²) in [4.78, 5) is 26.1. The van der Waals surface area contributed by atoms with E-state index in [0.717, 1.165) is 25.2 Å². The normalized spacial score (nSPS) is 17.4. The molecule has 2 amide bonds. The molecule has 1 aliphatic heterocycles. The third-order valence-corrected chi connectivity index (χ3v) is 3.97. The SMILES string of the molecule is CN(CCC(=O)O)C(=O)NC1CCN(c2ccc(Cl)cc2)C1. The summed E-state index contributed by atoms with van der Waals surface area (Å²) in [5, 5.41) is 12.3. The lowest BCUT2D eigenvalue weighted by Gasteiger charge is -2.22. The van der Waals surface area contributed by atoms with E-state index in [2.05, 4.69) is 10.2 Å². The van der Waals surface area contributed by atoms with Crippen LogP contribution in [0.5, 0.6) is 0 Å². The molecule has 1 aliphatic rings. The summed E-state index contributed by atoms with van der Waals surface area (Å²) < 4.78 is 0. The van der Waals surface area contributed by atoms with E-state index in [1.807, 2.05) is 24.3 Å². The van der Waals surface area contributed by atoms with Crippen molar-refractivity contribution in [3.05, 3.63) is 29.3 Å². The number of amides is 2. The second kappa shape index (κ2) is 7.35. The van der Waals surface area contributed by atoms with E-state index in [9.17, 15) is 9.59 Å². The van der Waals surface area contributed by atoms with Gasteiger partial charge in [-0.05, 0) is 30.7 Å². The molecule has 1 aromatic rings. The maximum atomic E-state index is 12.0. The molecule has 7 heteroatoms. The number of anilines is 1. The number of nitrogens with one attached hydrogen (secondary N) is 1. The zero-order valence-electron chi connectivity index (χ0n) is 12.5. The average molecular weight is 326 g/mol. The molecule has 0 saturated carbocycles. The molecule has 1 aromatic carbocycles. The van der Waals surface area contributed by atoms with E-state index >= 15 is 0 Å². The summed E-state index contributed by atoms with van der Waals surface area (Å²) in [6.45, 7) is 1.81. The molecule has 1 unspecified atom stereocenters. The monoisotopic (exact) mass is 325 g/mol. The van der Waals surface area contributed by atoms with Crippen molar-refractivity contribution in [3.63, 3.8) is 0 Å². The third-order valence-electron chi connectivity index (χ3n) is 3.72. The van der Waals surface area contributed by atoms with Gasteiger partial charge in [0, 0.05) is 43.4 Å². The highest BCUT2D eigenvalue weighted by Crippen LogP contribution is 2.22. The molecule has 1 fully saturated rings. The number of carboxylic acid groups (broad SMARTS) is 1.